The quantitative estimate of drug-likeness (QED) is 0.723. The van der Waals surface area contributed by atoms with E-state index in [-0.39, 0.29) is 5.54 Å². The van der Waals surface area contributed by atoms with Gasteiger partial charge < -0.3 is 19.6 Å². The summed E-state index contributed by atoms with van der Waals surface area (Å²) in [4.78, 5) is 24.9. The summed E-state index contributed by atoms with van der Waals surface area (Å²) in [5.41, 5.74) is 2.68. The standard InChI is InChI=1S/C16H19N5O2/c1-10-19-12-9-18-14-11(3-6-17-14)13(12)21(10)16(2)4-7-20(8-5-16)15(22)23/h3,6,9H,4-5,7-8H2,1-2H3,(H,17,18)(H,22,23). The first-order chi connectivity index (χ1) is 11.0. The molecular formula is C16H19N5O2. The van der Waals surface area contributed by atoms with E-state index in [1.54, 1.807) is 6.20 Å². The molecule has 0 saturated carbocycles. The number of pyridine rings is 1. The van der Waals surface area contributed by atoms with Crippen molar-refractivity contribution in [3.63, 3.8) is 0 Å². The molecule has 1 aliphatic rings. The number of aromatic nitrogens is 4. The first-order valence-electron chi connectivity index (χ1n) is 7.79. The van der Waals surface area contributed by atoms with Gasteiger partial charge in [-0.15, -0.1) is 0 Å². The van der Waals surface area contributed by atoms with Crippen LogP contribution >= 0.6 is 0 Å². The molecule has 0 atom stereocenters. The molecule has 7 nitrogen and oxygen atoms in total. The molecule has 0 unspecified atom stereocenters. The number of piperidine rings is 1. The molecule has 120 valence electrons. The van der Waals surface area contributed by atoms with Crippen LogP contribution in [0.3, 0.4) is 0 Å². The Balaban J connectivity index is 1.86. The van der Waals surface area contributed by atoms with Crippen LogP contribution < -0.4 is 0 Å². The predicted octanol–water partition coefficient (Wildman–Crippen LogP) is 2.71. The number of hydrogen-bond acceptors (Lipinski definition) is 3. The number of amides is 1. The zero-order chi connectivity index (χ0) is 16.2. The van der Waals surface area contributed by atoms with Gasteiger partial charge in [-0.05, 0) is 32.8 Å². The number of aryl methyl sites for hydroxylation is 1. The van der Waals surface area contributed by atoms with E-state index in [4.69, 9.17) is 0 Å². The van der Waals surface area contributed by atoms with Gasteiger partial charge in [0.05, 0.1) is 11.7 Å². The van der Waals surface area contributed by atoms with Crippen molar-refractivity contribution in [3.8, 4) is 0 Å². The number of fused-ring (bicyclic) bond motifs is 3. The zero-order valence-electron chi connectivity index (χ0n) is 13.2. The topological polar surface area (TPSA) is 87.0 Å². The Hall–Kier alpha value is -2.57. The molecule has 4 heterocycles. The first kappa shape index (κ1) is 14.0. The molecule has 1 amide bonds. The van der Waals surface area contributed by atoms with Crippen LogP contribution in [0, 0.1) is 6.92 Å². The number of imidazole rings is 1. The van der Waals surface area contributed by atoms with Gasteiger partial charge in [0.1, 0.15) is 17.0 Å². The number of likely N-dealkylation sites (tertiary alicyclic amines) is 1. The molecule has 3 aromatic heterocycles. The Morgan fingerprint density at radius 3 is 2.83 bits per heavy atom. The highest BCUT2D eigenvalue weighted by molar-refractivity contribution is 6.01. The molecule has 0 aromatic carbocycles. The minimum Gasteiger partial charge on any atom is -0.465 e. The molecule has 0 spiro atoms. The van der Waals surface area contributed by atoms with E-state index in [0.29, 0.717) is 13.1 Å². The monoisotopic (exact) mass is 313 g/mol. The van der Waals surface area contributed by atoms with Crippen LogP contribution in [0.2, 0.25) is 0 Å². The van der Waals surface area contributed by atoms with E-state index in [2.05, 4.69) is 26.4 Å². The third-order valence-corrected chi connectivity index (χ3v) is 5.02. The SMILES string of the molecule is Cc1nc2cnc3[nH]ccc3c2n1C1(C)CCN(C(=O)O)CC1. The van der Waals surface area contributed by atoms with Gasteiger partial charge in [-0.1, -0.05) is 0 Å². The van der Waals surface area contributed by atoms with Crippen LogP contribution in [0.15, 0.2) is 18.5 Å². The first-order valence-corrected chi connectivity index (χ1v) is 7.79. The van der Waals surface area contributed by atoms with Crippen molar-refractivity contribution >= 4 is 28.2 Å². The van der Waals surface area contributed by atoms with Gasteiger partial charge in [0.25, 0.3) is 0 Å². The van der Waals surface area contributed by atoms with Crippen molar-refractivity contribution in [3.05, 3.63) is 24.3 Å². The molecule has 4 rings (SSSR count). The van der Waals surface area contributed by atoms with E-state index in [1.807, 2.05) is 19.2 Å². The third-order valence-electron chi connectivity index (χ3n) is 5.02. The maximum absolute atomic E-state index is 11.2. The Morgan fingerprint density at radius 2 is 2.13 bits per heavy atom. The smallest absolute Gasteiger partial charge is 0.407 e. The lowest BCUT2D eigenvalue weighted by Gasteiger charge is -2.40. The lowest BCUT2D eigenvalue weighted by molar-refractivity contribution is 0.102. The second-order valence-electron chi connectivity index (χ2n) is 6.49. The second-order valence-corrected chi connectivity index (χ2v) is 6.49. The Morgan fingerprint density at radius 1 is 1.39 bits per heavy atom. The normalized spacial score (nSPS) is 17.9. The van der Waals surface area contributed by atoms with Crippen molar-refractivity contribution in [2.45, 2.75) is 32.2 Å². The summed E-state index contributed by atoms with van der Waals surface area (Å²) in [6.45, 7) is 5.30. The fourth-order valence-electron chi connectivity index (χ4n) is 3.75. The van der Waals surface area contributed by atoms with Crippen molar-refractivity contribution in [2.24, 2.45) is 0 Å². The number of hydrogen-bond donors (Lipinski definition) is 2. The highest BCUT2D eigenvalue weighted by Crippen LogP contribution is 2.36. The Labute approximate surface area is 132 Å². The molecule has 0 aliphatic carbocycles. The molecule has 0 radical (unpaired) electrons. The summed E-state index contributed by atoms with van der Waals surface area (Å²) >= 11 is 0. The lowest BCUT2D eigenvalue weighted by Crippen LogP contribution is -2.46. The van der Waals surface area contributed by atoms with E-state index >= 15 is 0 Å². The summed E-state index contributed by atoms with van der Waals surface area (Å²) in [6, 6.07) is 2.03. The maximum atomic E-state index is 11.2. The average Bonchev–Trinajstić information content (AvgIpc) is 3.10. The van der Waals surface area contributed by atoms with Crippen LogP contribution in [-0.4, -0.2) is 48.7 Å². The molecule has 0 bridgehead atoms. The number of nitrogens with one attached hydrogen (secondary N) is 1. The minimum absolute atomic E-state index is 0.143. The van der Waals surface area contributed by atoms with Gasteiger partial charge in [0.15, 0.2) is 0 Å². The summed E-state index contributed by atoms with van der Waals surface area (Å²) < 4.78 is 2.28. The number of aromatic amines is 1. The van der Waals surface area contributed by atoms with E-state index in [0.717, 1.165) is 40.7 Å². The number of nitrogens with zero attached hydrogens (tertiary/aromatic N) is 4. The summed E-state index contributed by atoms with van der Waals surface area (Å²) in [6.07, 6.45) is 4.41. The van der Waals surface area contributed by atoms with Crippen molar-refractivity contribution in [1.29, 1.82) is 0 Å². The van der Waals surface area contributed by atoms with Gasteiger partial charge in [-0.25, -0.2) is 14.8 Å². The lowest BCUT2D eigenvalue weighted by atomic mass is 9.89. The maximum Gasteiger partial charge on any atom is 0.407 e. The van der Waals surface area contributed by atoms with E-state index in [9.17, 15) is 9.90 Å². The molecule has 1 aliphatic heterocycles. The number of H-pyrrole nitrogens is 1. The van der Waals surface area contributed by atoms with Crippen LogP contribution in [0.1, 0.15) is 25.6 Å². The molecule has 2 N–H and O–H groups in total. The fraction of sp³-hybridized carbons (Fsp3) is 0.438. The average molecular weight is 313 g/mol. The summed E-state index contributed by atoms with van der Waals surface area (Å²) in [5.74, 6) is 0.946. The molecule has 3 aromatic rings. The molecule has 1 saturated heterocycles. The van der Waals surface area contributed by atoms with Gasteiger partial charge >= 0.3 is 6.09 Å². The minimum atomic E-state index is -0.837. The fourth-order valence-corrected chi connectivity index (χ4v) is 3.75. The van der Waals surface area contributed by atoms with Gasteiger partial charge in [0.2, 0.25) is 0 Å². The van der Waals surface area contributed by atoms with Crippen LogP contribution in [-0.2, 0) is 5.54 Å². The van der Waals surface area contributed by atoms with Crippen LogP contribution in [0.4, 0.5) is 4.79 Å². The molecular weight excluding hydrogens is 294 g/mol. The molecule has 1 fully saturated rings. The number of carbonyl (C=O) groups is 1. The summed E-state index contributed by atoms with van der Waals surface area (Å²) in [7, 11) is 0. The van der Waals surface area contributed by atoms with Gasteiger partial charge in [-0.2, -0.15) is 0 Å². The van der Waals surface area contributed by atoms with E-state index in [1.165, 1.54) is 4.90 Å². The highest BCUT2D eigenvalue weighted by atomic mass is 16.4. The van der Waals surface area contributed by atoms with E-state index < -0.39 is 6.09 Å². The van der Waals surface area contributed by atoms with Crippen LogP contribution in [0.5, 0.6) is 0 Å². The Kier molecular flexibility index (Phi) is 2.88. The highest BCUT2D eigenvalue weighted by Gasteiger charge is 2.35. The molecule has 7 heteroatoms. The summed E-state index contributed by atoms with van der Waals surface area (Å²) in [5, 5.41) is 10.2. The Bertz CT molecular complexity index is 902. The second kappa shape index (κ2) is 4.71. The van der Waals surface area contributed by atoms with Crippen molar-refractivity contribution < 1.29 is 9.90 Å². The third kappa shape index (κ3) is 1.99. The van der Waals surface area contributed by atoms with Gasteiger partial charge in [-0.3, -0.25) is 0 Å². The largest absolute Gasteiger partial charge is 0.465 e. The van der Waals surface area contributed by atoms with Crippen molar-refractivity contribution in [2.75, 3.05) is 13.1 Å². The number of rotatable bonds is 1. The number of carboxylic acid groups (broad SMARTS) is 1. The van der Waals surface area contributed by atoms with Crippen LogP contribution in [0.25, 0.3) is 22.1 Å². The van der Waals surface area contributed by atoms with Crippen molar-refractivity contribution in [1.82, 2.24) is 24.4 Å². The predicted molar refractivity (Wildman–Crippen MR) is 86.6 cm³/mol. The van der Waals surface area contributed by atoms with Gasteiger partial charge in [0, 0.05) is 30.2 Å². The molecule has 23 heavy (non-hydrogen) atoms. The zero-order valence-corrected chi connectivity index (χ0v) is 13.2.